The molecule has 24 heavy (non-hydrogen) atoms. The molecule has 6 nitrogen and oxygen atoms in total. The Morgan fingerprint density at radius 3 is 2.71 bits per heavy atom. The number of anilines is 4. The van der Waals surface area contributed by atoms with Gasteiger partial charge in [-0.25, -0.2) is 9.97 Å². The van der Waals surface area contributed by atoms with E-state index in [1.54, 1.807) is 19.5 Å². The molecule has 0 spiro atoms. The van der Waals surface area contributed by atoms with Crippen LogP contribution >= 0.6 is 15.9 Å². The molecule has 0 aliphatic rings. The van der Waals surface area contributed by atoms with Crippen molar-refractivity contribution in [2.75, 3.05) is 17.7 Å². The largest absolute Gasteiger partial charge is 0.497 e. The van der Waals surface area contributed by atoms with Gasteiger partial charge in [0.05, 0.1) is 11.6 Å². The van der Waals surface area contributed by atoms with E-state index in [-0.39, 0.29) is 0 Å². The van der Waals surface area contributed by atoms with Gasteiger partial charge in [-0.1, -0.05) is 12.1 Å². The third kappa shape index (κ3) is 3.80. The topological polar surface area (TPSA) is 72.0 Å². The Morgan fingerprint density at radius 2 is 1.96 bits per heavy atom. The summed E-state index contributed by atoms with van der Waals surface area (Å²) in [5.41, 5.74) is 1.96. The van der Waals surface area contributed by atoms with Crippen molar-refractivity contribution in [1.29, 1.82) is 0 Å². The summed E-state index contributed by atoms with van der Waals surface area (Å²) in [7, 11) is 1.64. The number of aromatic nitrogens is 3. The van der Waals surface area contributed by atoms with Crippen molar-refractivity contribution in [3.8, 4) is 5.75 Å². The Morgan fingerprint density at radius 1 is 1.08 bits per heavy atom. The number of hydrogen-bond acceptors (Lipinski definition) is 6. The molecule has 1 aromatic carbocycles. The molecule has 3 rings (SSSR count). The second-order valence-electron chi connectivity index (χ2n) is 5.04. The molecule has 0 bridgehead atoms. The Hall–Kier alpha value is -2.67. The molecular formula is C17H16BrN5O. The molecule has 0 unspecified atom stereocenters. The molecule has 7 heteroatoms. The number of pyridine rings is 1. The van der Waals surface area contributed by atoms with Crippen LogP contribution in [0.2, 0.25) is 0 Å². The zero-order valence-corrected chi connectivity index (χ0v) is 14.8. The highest BCUT2D eigenvalue weighted by Crippen LogP contribution is 2.27. The highest BCUT2D eigenvalue weighted by molar-refractivity contribution is 9.10. The number of methoxy groups -OCH3 is 1. The predicted octanol–water partition coefficient (Wildman–Crippen LogP) is 4.44. The van der Waals surface area contributed by atoms with Crippen LogP contribution in [0.5, 0.6) is 5.75 Å². The van der Waals surface area contributed by atoms with Crippen molar-refractivity contribution in [2.45, 2.75) is 6.92 Å². The lowest BCUT2D eigenvalue weighted by atomic mass is 10.2. The maximum atomic E-state index is 5.26. The number of rotatable bonds is 5. The average Bonchev–Trinajstić information content (AvgIpc) is 2.60. The number of benzene rings is 1. The number of hydrogen-bond donors (Lipinski definition) is 2. The maximum absolute atomic E-state index is 5.26. The predicted molar refractivity (Wildman–Crippen MR) is 98.3 cm³/mol. The molecule has 0 amide bonds. The fourth-order valence-corrected chi connectivity index (χ4v) is 2.35. The lowest BCUT2D eigenvalue weighted by Crippen LogP contribution is -2.03. The second kappa shape index (κ2) is 7.27. The molecule has 2 aromatic heterocycles. The van der Waals surface area contributed by atoms with Crippen molar-refractivity contribution < 1.29 is 4.74 Å². The molecule has 3 aromatic rings. The minimum atomic E-state index is 0.480. The van der Waals surface area contributed by atoms with Gasteiger partial charge in [-0.15, -0.1) is 0 Å². The van der Waals surface area contributed by atoms with Crippen LogP contribution in [-0.4, -0.2) is 22.1 Å². The van der Waals surface area contributed by atoms with Gasteiger partial charge in [0, 0.05) is 24.1 Å². The Balaban J connectivity index is 1.86. The minimum absolute atomic E-state index is 0.480. The summed E-state index contributed by atoms with van der Waals surface area (Å²) in [4.78, 5) is 13.0. The first-order valence-electron chi connectivity index (χ1n) is 7.28. The summed E-state index contributed by atoms with van der Waals surface area (Å²) < 4.78 is 6.01. The number of halogens is 1. The van der Waals surface area contributed by atoms with Crippen LogP contribution in [0, 0.1) is 6.92 Å². The number of ether oxygens (including phenoxy) is 1. The van der Waals surface area contributed by atoms with Crippen LogP contribution in [0.15, 0.2) is 53.3 Å². The van der Waals surface area contributed by atoms with Gasteiger partial charge >= 0.3 is 0 Å². The van der Waals surface area contributed by atoms with Gasteiger partial charge < -0.3 is 15.4 Å². The minimum Gasteiger partial charge on any atom is -0.497 e. The molecule has 0 aliphatic heterocycles. The van der Waals surface area contributed by atoms with Crippen LogP contribution in [0.4, 0.5) is 23.3 Å². The fraction of sp³-hybridized carbons (Fsp3) is 0.118. The van der Waals surface area contributed by atoms with E-state index < -0.39 is 0 Å². The van der Waals surface area contributed by atoms with Crippen molar-refractivity contribution in [1.82, 2.24) is 15.0 Å². The molecule has 0 saturated carbocycles. The Bertz CT molecular complexity index is 842. The normalized spacial score (nSPS) is 10.3. The van der Waals surface area contributed by atoms with Gasteiger partial charge in [0.25, 0.3) is 0 Å². The van der Waals surface area contributed by atoms with Gasteiger partial charge in [-0.3, -0.25) is 0 Å². The van der Waals surface area contributed by atoms with E-state index in [1.807, 2.05) is 43.3 Å². The van der Waals surface area contributed by atoms with Crippen LogP contribution < -0.4 is 15.4 Å². The monoisotopic (exact) mass is 385 g/mol. The summed E-state index contributed by atoms with van der Waals surface area (Å²) in [5.74, 6) is 2.59. The summed E-state index contributed by atoms with van der Waals surface area (Å²) in [6.45, 7) is 2.01. The smallest absolute Gasteiger partial charge is 0.229 e. The summed E-state index contributed by atoms with van der Waals surface area (Å²) in [5, 5.41) is 6.38. The van der Waals surface area contributed by atoms with Crippen LogP contribution in [0.1, 0.15) is 5.56 Å². The molecule has 2 N–H and O–H groups in total. The van der Waals surface area contributed by atoms with Crippen LogP contribution in [0.3, 0.4) is 0 Å². The number of nitrogens with one attached hydrogen (secondary N) is 2. The van der Waals surface area contributed by atoms with Crippen molar-refractivity contribution >= 4 is 39.2 Å². The maximum Gasteiger partial charge on any atom is 0.229 e. The molecule has 0 aliphatic carbocycles. The molecular weight excluding hydrogens is 370 g/mol. The van der Waals surface area contributed by atoms with Gasteiger partial charge in [-0.2, -0.15) is 4.98 Å². The summed E-state index contributed by atoms with van der Waals surface area (Å²) >= 11 is 3.45. The molecule has 0 radical (unpaired) electrons. The second-order valence-corrected chi connectivity index (χ2v) is 5.89. The van der Waals surface area contributed by atoms with E-state index >= 15 is 0 Å². The van der Waals surface area contributed by atoms with Gasteiger partial charge in [0.2, 0.25) is 5.95 Å². The molecule has 122 valence electrons. The lowest BCUT2D eigenvalue weighted by Gasteiger charge is -2.12. The van der Waals surface area contributed by atoms with Crippen molar-refractivity contribution in [3.63, 3.8) is 0 Å². The fourth-order valence-electron chi connectivity index (χ4n) is 2.06. The van der Waals surface area contributed by atoms with Gasteiger partial charge in [-0.05, 0) is 46.6 Å². The van der Waals surface area contributed by atoms with Crippen LogP contribution in [0.25, 0.3) is 0 Å². The lowest BCUT2D eigenvalue weighted by molar-refractivity contribution is 0.415. The van der Waals surface area contributed by atoms with E-state index in [1.165, 1.54) is 0 Å². The third-order valence-corrected chi connectivity index (χ3v) is 3.93. The zero-order chi connectivity index (χ0) is 16.9. The average molecular weight is 386 g/mol. The Labute approximate surface area is 148 Å². The summed E-state index contributed by atoms with van der Waals surface area (Å²) in [6.07, 6.45) is 3.41. The van der Waals surface area contributed by atoms with E-state index in [0.717, 1.165) is 21.5 Å². The standard InChI is InChI=1S/C17H16BrN5O/c1-11-6-7-12(24-2)9-14(11)21-17-20-10-13(18)16(23-17)22-15-5-3-4-8-19-15/h3-10H,1-2H3,(H2,19,20,21,22,23). The Kier molecular flexibility index (Phi) is 4.90. The number of nitrogens with zero attached hydrogens (tertiary/aromatic N) is 3. The first-order valence-corrected chi connectivity index (χ1v) is 8.07. The van der Waals surface area contributed by atoms with E-state index in [2.05, 4.69) is 41.5 Å². The molecule has 0 atom stereocenters. The quantitative estimate of drug-likeness (QED) is 0.676. The third-order valence-electron chi connectivity index (χ3n) is 3.35. The highest BCUT2D eigenvalue weighted by atomic mass is 79.9. The van der Waals surface area contributed by atoms with Crippen molar-refractivity contribution in [2.24, 2.45) is 0 Å². The number of aryl methyl sites for hydroxylation is 1. The van der Waals surface area contributed by atoms with Gasteiger partial charge in [0.15, 0.2) is 5.82 Å². The van der Waals surface area contributed by atoms with Crippen LogP contribution in [-0.2, 0) is 0 Å². The molecule has 2 heterocycles. The molecule has 0 saturated heterocycles. The zero-order valence-electron chi connectivity index (χ0n) is 13.2. The SMILES string of the molecule is COc1ccc(C)c(Nc2ncc(Br)c(Nc3ccccn3)n2)c1. The van der Waals surface area contributed by atoms with Gasteiger partial charge in [0.1, 0.15) is 11.6 Å². The van der Waals surface area contributed by atoms with E-state index in [0.29, 0.717) is 17.6 Å². The highest BCUT2D eigenvalue weighted by Gasteiger charge is 2.08. The molecule has 0 fully saturated rings. The summed E-state index contributed by atoms with van der Waals surface area (Å²) in [6, 6.07) is 11.4. The first kappa shape index (κ1) is 16.2. The van der Waals surface area contributed by atoms with E-state index in [9.17, 15) is 0 Å². The van der Waals surface area contributed by atoms with E-state index in [4.69, 9.17) is 4.74 Å². The van der Waals surface area contributed by atoms with Crippen molar-refractivity contribution in [3.05, 3.63) is 58.8 Å². The first-order chi connectivity index (χ1) is 11.7.